The molecule has 3 rings (SSSR count). The van der Waals surface area contributed by atoms with E-state index in [1.165, 1.54) is 0 Å². The fourth-order valence-corrected chi connectivity index (χ4v) is 2.25. The highest BCUT2D eigenvalue weighted by Crippen LogP contribution is 2.27. The molecule has 0 spiro atoms. The van der Waals surface area contributed by atoms with Gasteiger partial charge in [-0.25, -0.2) is 4.98 Å². The van der Waals surface area contributed by atoms with E-state index in [-0.39, 0.29) is 0 Å². The number of aldehydes is 1. The second-order valence-corrected chi connectivity index (χ2v) is 4.61. The van der Waals surface area contributed by atoms with E-state index in [2.05, 4.69) is 4.98 Å². The summed E-state index contributed by atoms with van der Waals surface area (Å²) in [4.78, 5) is 17.9. The van der Waals surface area contributed by atoms with E-state index < -0.39 is 0 Å². The molecule has 0 radical (unpaired) electrons. The molecule has 0 N–H and O–H groups in total. The van der Waals surface area contributed by atoms with Crippen LogP contribution in [0.15, 0.2) is 60.7 Å². The van der Waals surface area contributed by atoms with Crippen LogP contribution in [0.2, 0.25) is 0 Å². The molecule has 0 aliphatic carbocycles. The highest BCUT2D eigenvalue weighted by atomic mass is 16.1. The van der Waals surface area contributed by atoms with E-state index in [1.807, 2.05) is 72.6 Å². The fourth-order valence-electron chi connectivity index (χ4n) is 2.25. The zero-order valence-electron chi connectivity index (χ0n) is 11.2. The summed E-state index contributed by atoms with van der Waals surface area (Å²) in [6, 6.07) is 19.6. The molecule has 0 aliphatic heterocycles. The minimum Gasteiger partial charge on any atom is -0.329 e. The third-order valence-electron chi connectivity index (χ3n) is 3.32. The average molecular weight is 262 g/mol. The van der Waals surface area contributed by atoms with E-state index in [9.17, 15) is 4.79 Å². The zero-order chi connectivity index (χ0) is 13.9. The molecule has 3 nitrogen and oxygen atoms in total. The molecule has 0 bridgehead atoms. The van der Waals surface area contributed by atoms with E-state index >= 15 is 0 Å². The summed E-state index contributed by atoms with van der Waals surface area (Å²) in [7, 11) is 1.92. The predicted molar refractivity (Wildman–Crippen MR) is 81.6 cm³/mol. The number of benzene rings is 2. The second-order valence-electron chi connectivity index (χ2n) is 4.61. The van der Waals surface area contributed by atoms with Gasteiger partial charge in [0, 0.05) is 18.1 Å². The lowest BCUT2D eigenvalue weighted by molar-refractivity contribution is 0.112. The number of hydrogen-bond donors (Lipinski definition) is 0. The van der Waals surface area contributed by atoms with Crippen LogP contribution in [0.25, 0.3) is 10.9 Å². The van der Waals surface area contributed by atoms with Gasteiger partial charge in [0.25, 0.3) is 0 Å². The number of rotatable bonds is 3. The van der Waals surface area contributed by atoms with Gasteiger partial charge in [-0.05, 0) is 24.3 Å². The molecule has 0 aliphatic rings. The molecule has 3 aromatic rings. The van der Waals surface area contributed by atoms with Gasteiger partial charge >= 0.3 is 0 Å². The van der Waals surface area contributed by atoms with Crippen LogP contribution in [-0.2, 0) is 0 Å². The molecule has 98 valence electrons. The van der Waals surface area contributed by atoms with Crippen LogP contribution in [0, 0.1) is 0 Å². The van der Waals surface area contributed by atoms with E-state index in [4.69, 9.17) is 0 Å². The summed E-state index contributed by atoms with van der Waals surface area (Å²) in [6.45, 7) is 0. The third-order valence-corrected chi connectivity index (χ3v) is 3.32. The van der Waals surface area contributed by atoms with Crippen molar-refractivity contribution >= 4 is 28.7 Å². The Labute approximate surface area is 117 Å². The lowest BCUT2D eigenvalue weighted by Crippen LogP contribution is -2.13. The maximum absolute atomic E-state index is 11.3. The van der Waals surface area contributed by atoms with Gasteiger partial charge < -0.3 is 4.90 Å². The Morgan fingerprint density at radius 3 is 2.45 bits per heavy atom. The van der Waals surface area contributed by atoms with Crippen LogP contribution in [0.4, 0.5) is 11.5 Å². The van der Waals surface area contributed by atoms with Gasteiger partial charge in [0.1, 0.15) is 5.82 Å². The number of carbonyl (C=O) groups excluding carboxylic acids is 1. The van der Waals surface area contributed by atoms with Crippen LogP contribution in [-0.4, -0.2) is 18.3 Å². The van der Waals surface area contributed by atoms with Crippen molar-refractivity contribution in [3.05, 3.63) is 66.2 Å². The van der Waals surface area contributed by atoms with Gasteiger partial charge in [0.05, 0.1) is 11.1 Å². The van der Waals surface area contributed by atoms with Crippen LogP contribution >= 0.6 is 0 Å². The van der Waals surface area contributed by atoms with Crippen LogP contribution in [0.5, 0.6) is 0 Å². The first kappa shape index (κ1) is 12.4. The monoisotopic (exact) mass is 262 g/mol. The van der Waals surface area contributed by atoms with Crippen molar-refractivity contribution < 1.29 is 4.79 Å². The Morgan fingerprint density at radius 2 is 1.70 bits per heavy atom. The summed E-state index contributed by atoms with van der Waals surface area (Å²) < 4.78 is 0. The smallest absolute Gasteiger partial charge is 0.153 e. The first-order valence-electron chi connectivity index (χ1n) is 6.43. The number of anilines is 2. The molecule has 0 atom stereocenters. The number of nitrogens with zero attached hydrogens (tertiary/aromatic N) is 2. The predicted octanol–water partition coefficient (Wildman–Crippen LogP) is 3.82. The molecule has 1 aromatic heterocycles. The number of hydrogen-bond acceptors (Lipinski definition) is 3. The number of fused-ring (bicyclic) bond motifs is 1. The summed E-state index contributed by atoms with van der Waals surface area (Å²) in [5, 5.41) is 0.972. The van der Waals surface area contributed by atoms with Gasteiger partial charge in [0.2, 0.25) is 0 Å². The van der Waals surface area contributed by atoms with Crippen molar-refractivity contribution in [3.8, 4) is 0 Å². The highest BCUT2D eigenvalue weighted by Gasteiger charge is 2.12. The average Bonchev–Trinajstić information content (AvgIpc) is 2.53. The van der Waals surface area contributed by atoms with Gasteiger partial charge in [0.15, 0.2) is 6.29 Å². The Kier molecular flexibility index (Phi) is 3.17. The van der Waals surface area contributed by atoms with E-state index in [1.54, 1.807) is 0 Å². The summed E-state index contributed by atoms with van der Waals surface area (Å²) in [5.74, 6) is 0.671. The van der Waals surface area contributed by atoms with Gasteiger partial charge in [-0.3, -0.25) is 4.79 Å². The Morgan fingerprint density at radius 1 is 1.00 bits per heavy atom. The lowest BCUT2D eigenvalue weighted by Gasteiger charge is -2.20. The van der Waals surface area contributed by atoms with Crippen LogP contribution in [0.3, 0.4) is 0 Å². The quantitative estimate of drug-likeness (QED) is 0.673. The number of carbonyl (C=O) groups is 1. The Balaban J connectivity index is 2.17. The number of para-hydroxylation sites is 2. The van der Waals surface area contributed by atoms with Crippen LogP contribution < -0.4 is 4.90 Å². The number of aromatic nitrogens is 1. The maximum atomic E-state index is 11.3. The minimum absolute atomic E-state index is 0.593. The standard InChI is InChI=1S/C17H14N2O/c1-19(15-8-3-2-4-9-15)17-14(12-20)11-13-7-5-6-10-16(13)18-17/h2-12H,1H3. The summed E-state index contributed by atoms with van der Waals surface area (Å²) in [5.41, 5.74) is 2.48. The molecule has 0 amide bonds. The van der Waals surface area contributed by atoms with Gasteiger partial charge in [-0.1, -0.05) is 36.4 Å². The molecular weight excluding hydrogens is 248 g/mol. The lowest BCUT2D eigenvalue weighted by atomic mass is 10.1. The first-order chi connectivity index (χ1) is 9.79. The first-order valence-corrected chi connectivity index (χ1v) is 6.43. The van der Waals surface area contributed by atoms with Crippen molar-refractivity contribution in [3.63, 3.8) is 0 Å². The Hall–Kier alpha value is -2.68. The second kappa shape index (κ2) is 5.13. The van der Waals surface area contributed by atoms with Crippen molar-refractivity contribution in [2.45, 2.75) is 0 Å². The molecule has 0 unspecified atom stereocenters. The fraction of sp³-hybridized carbons (Fsp3) is 0.0588. The normalized spacial score (nSPS) is 10.4. The van der Waals surface area contributed by atoms with Crippen molar-refractivity contribution in [2.24, 2.45) is 0 Å². The van der Waals surface area contributed by atoms with Gasteiger partial charge in [-0.15, -0.1) is 0 Å². The SMILES string of the molecule is CN(c1ccccc1)c1nc2ccccc2cc1C=O. The van der Waals surface area contributed by atoms with Gasteiger partial charge in [-0.2, -0.15) is 0 Å². The van der Waals surface area contributed by atoms with Crippen molar-refractivity contribution in [1.29, 1.82) is 0 Å². The largest absolute Gasteiger partial charge is 0.329 e. The van der Waals surface area contributed by atoms with Crippen molar-refractivity contribution in [2.75, 3.05) is 11.9 Å². The molecule has 0 fully saturated rings. The molecule has 3 heteroatoms. The van der Waals surface area contributed by atoms with Crippen molar-refractivity contribution in [1.82, 2.24) is 4.98 Å². The molecular formula is C17H14N2O. The molecule has 2 aromatic carbocycles. The molecule has 1 heterocycles. The highest BCUT2D eigenvalue weighted by molar-refractivity contribution is 5.92. The zero-order valence-corrected chi connectivity index (χ0v) is 11.2. The summed E-state index contributed by atoms with van der Waals surface area (Å²) >= 11 is 0. The minimum atomic E-state index is 0.593. The van der Waals surface area contributed by atoms with Crippen LogP contribution in [0.1, 0.15) is 10.4 Å². The summed E-state index contributed by atoms with van der Waals surface area (Å²) in [6.07, 6.45) is 0.855. The van der Waals surface area contributed by atoms with E-state index in [0.717, 1.165) is 22.9 Å². The molecule has 0 saturated carbocycles. The Bertz CT molecular complexity index is 753. The maximum Gasteiger partial charge on any atom is 0.153 e. The topological polar surface area (TPSA) is 33.2 Å². The molecule has 20 heavy (non-hydrogen) atoms. The third kappa shape index (κ3) is 2.14. The molecule has 0 saturated heterocycles. The van der Waals surface area contributed by atoms with E-state index in [0.29, 0.717) is 11.4 Å². The number of pyridine rings is 1.